The predicted octanol–water partition coefficient (Wildman–Crippen LogP) is 6.61. The van der Waals surface area contributed by atoms with Gasteiger partial charge in [0.2, 0.25) is 0 Å². The molecule has 2 nitrogen and oxygen atoms in total. The lowest BCUT2D eigenvalue weighted by Crippen LogP contribution is -2.22. The molecule has 0 bridgehead atoms. The minimum atomic E-state index is 0.0474. The molecule has 1 N–H and O–H groups in total. The van der Waals surface area contributed by atoms with Crippen LogP contribution >= 0.6 is 11.9 Å². The van der Waals surface area contributed by atoms with E-state index in [2.05, 4.69) is 78.2 Å². The van der Waals surface area contributed by atoms with E-state index >= 15 is 0 Å². The molecule has 0 atom stereocenters. The van der Waals surface area contributed by atoms with E-state index < -0.39 is 0 Å². The highest BCUT2D eigenvalue weighted by Gasteiger charge is 2.29. The smallest absolute Gasteiger partial charge is 0.0677 e. The van der Waals surface area contributed by atoms with Gasteiger partial charge in [0, 0.05) is 16.8 Å². The Morgan fingerprint density at radius 2 is 1.18 bits per heavy atom. The average Bonchev–Trinajstić information content (AvgIpc) is 2.31. The van der Waals surface area contributed by atoms with Crippen LogP contribution in [0.3, 0.4) is 0 Å². The van der Waals surface area contributed by atoms with Crippen LogP contribution in [0.5, 0.6) is 0 Å². The lowest BCUT2D eigenvalue weighted by Gasteiger charge is -2.32. The number of hydrogen-bond donors (Lipinski definition) is 1. The van der Waals surface area contributed by atoms with Gasteiger partial charge in [-0.15, -0.1) is 3.77 Å². The van der Waals surface area contributed by atoms with Crippen molar-refractivity contribution in [3.8, 4) is 0 Å². The monoisotopic (exact) mass is 338 g/mol. The molecule has 0 fully saturated rings. The van der Waals surface area contributed by atoms with Crippen LogP contribution in [-0.2, 0) is 27.6 Å². The molecule has 1 aromatic rings. The van der Waals surface area contributed by atoms with Crippen molar-refractivity contribution in [2.75, 3.05) is 0 Å². The van der Waals surface area contributed by atoms with Crippen LogP contribution in [0.25, 0.3) is 0 Å². The molecule has 0 saturated heterocycles. The highest BCUT2D eigenvalue weighted by molar-refractivity contribution is 8.01. The first kappa shape index (κ1) is 19.4. The number of rotatable bonds is 2. The summed E-state index contributed by atoms with van der Waals surface area (Å²) in [6.45, 7) is 20.3. The maximum absolute atomic E-state index is 7.28. The largest absolute Gasteiger partial charge is 0.229 e. The molecule has 0 aliphatic heterocycles. The second-order valence-corrected chi connectivity index (χ2v) is 10.3. The normalized spacial score (nSPS) is 13.1. The first-order valence-corrected chi connectivity index (χ1v) is 9.22. The van der Waals surface area contributed by atoms with E-state index in [1.165, 1.54) is 33.5 Å². The molecule has 0 unspecified atom stereocenters. The van der Waals surface area contributed by atoms with Crippen LogP contribution < -0.4 is 0 Å². The molecule has 1 rings (SSSR count). The number of nitrogens with zero attached hydrogens (tertiary/aromatic N) is 1. The third-order valence-electron chi connectivity index (χ3n) is 3.74. The van der Waals surface area contributed by atoms with Crippen molar-refractivity contribution in [3.05, 3.63) is 28.8 Å². The number of hydrogen-bond acceptors (Lipinski definition) is 3. The first-order valence-electron chi connectivity index (χ1n) is 7.68. The van der Waals surface area contributed by atoms with Crippen molar-refractivity contribution >= 4 is 23.3 Å². The molecule has 22 heavy (non-hydrogen) atoms. The molecule has 0 aliphatic carbocycles. The quantitative estimate of drug-likeness (QED) is 0.605. The predicted molar refractivity (Wildman–Crippen MR) is 101 cm³/mol. The van der Waals surface area contributed by atoms with Crippen molar-refractivity contribution in [1.82, 2.24) is 0 Å². The summed E-state index contributed by atoms with van der Waals surface area (Å²) >= 11 is 2.23. The number of nitrogens with one attached hydrogen (secondary N) is 1. The van der Waals surface area contributed by atoms with Crippen LogP contribution in [0.1, 0.15) is 79.0 Å². The van der Waals surface area contributed by atoms with Crippen molar-refractivity contribution < 1.29 is 0 Å². The van der Waals surface area contributed by atoms with Crippen molar-refractivity contribution in [2.45, 2.75) is 83.5 Å². The average molecular weight is 339 g/mol. The minimum absolute atomic E-state index is 0.0474. The van der Waals surface area contributed by atoms with Crippen molar-refractivity contribution in [1.29, 1.82) is 4.78 Å². The van der Waals surface area contributed by atoms with Gasteiger partial charge in [-0.1, -0.05) is 74.4 Å². The van der Waals surface area contributed by atoms with Gasteiger partial charge in [0.25, 0.3) is 0 Å². The summed E-state index contributed by atoms with van der Waals surface area (Å²) in [5.41, 5.74) is 4.23. The molecule has 1 aromatic carbocycles. The van der Waals surface area contributed by atoms with Gasteiger partial charge < -0.3 is 0 Å². The summed E-state index contributed by atoms with van der Waals surface area (Å²) in [5.74, 6) is 0. The van der Waals surface area contributed by atoms with E-state index in [1.54, 1.807) is 0 Å². The zero-order chi connectivity index (χ0) is 17.3. The summed E-state index contributed by atoms with van der Waals surface area (Å²) < 4.78 is 11.5. The molecule has 0 heterocycles. The van der Waals surface area contributed by atoms with Gasteiger partial charge in [-0.05, 0) is 32.9 Å². The maximum Gasteiger partial charge on any atom is 0.0677 e. The summed E-state index contributed by atoms with van der Waals surface area (Å²) in [6.07, 6.45) is 0. The topological polar surface area (TPSA) is 36.2 Å². The lowest BCUT2D eigenvalue weighted by atomic mass is 9.75. The molecule has 0 amide bonds. The zero-order valence-corrected chi connectivity index (χ0v) is 17.1. The number of benzene rings is 1. The van der Waals surface area contributed by atoms with E-state index in [-0.39, 0.29) is 16.2 Å². The van der Waals surface area contributed by atoms with E-state index in [9.17, 15) is 0 Å². The molecule has 0 saturated carbocycles. The highest BCUT2D eigenvalue weighted by Crippen LogP contribution is 2.43. The SMILES string of the molecule is CC(C)(C)c1cc(C(C)(C)C)c(SN=S=N)c(C(C)(C)C)c1. The van der Waals surface area contributed by atoms with Crippen LogP contribution in [-0.4, -0.2) is 0 Å². The zero-order valence-electron chi connectivity index (χ0n) is 15.4. The molecule has 0 radical (unpaired) electrons. The van der Waals surface area contributed by atoms with E-state index in [0.29, 0.717) is 0 Å². The fourth-order valence-corrected chi connectivity index (χ4v) is 3.70. The second-order valence-electron chi connectivity index (χ2n) is 8.91. The van der Waals surface area contributed by atoms with Gasteiger partial charge in [-0.2, -0.15) is 0 Å². The standard InChI is InChI=1S/C18H30N2S2/c1-16(2,3)12-10-13(17(4,5)6)15(21-20-22-19)14(11-12)18(7,8)9/h10-11,19H,1-9H3. The van der Waals surface area contributed by atoms with Crippen LogP contribution in [0.15, 0.2) is 20.8 Å². The van der Waals surface area contributed by atoms with Gasteiger partial charge in [0.05, 0.1) is 11.4 Å². The Bertz CT molecular complexity index is 558. The summed E-state index contributed by atoms with van der Waals surface area (Å²) in [7, 11) is 0. The van der Waals surface area contributed by atoms with E-state index in [1.807, 2.05) is 0 Å². The molecular weight excluding hydrogens is 308 g/mol. The molecule has 4 heteroatoms. The van der Waals surface area contributed by atoms with Crippen LogP contribution in [0, 0.1) is 4.78 Å². The maximum atomic E-state index is 7.28. The Morgan fingerprint density at radius 1 is 0.773 bits per heavy atom. The summed E-state index contributed by atoms with van der Waals surface area (Å²) in [4.78, 5) is 1.22. The fourth-order valence-electron chi connectivity index (χ4n) is 2.33. The van der Waals surface area contributed by atoms with Gasteiger partial charge in [0.15, 0.2) is 0 Å². The lowest BCUT2D eigenvalue weighted by molar-refractivity contribution is 0.530. The van der Waals surface area contributed by atoms with Gasteiger partial charge in [0.1, 0.15) is 0 Å². The molecule has 0 spiro atoms. The third-order valence-corrected chi connectivity index (χ3v) is 4.96. The molecular formula is C18H30N2S2. The Kier molecular flexibility index (Phi) is 5.73. The summed E-state index contributed by atoms with van der Waals surface area (Å²) in [6, 6.07) is 4.67. The van der Waals surface area contributed by atoms with Crippen LogP contribution in [0.4, 0.5) is 0 Å². The molecule has 124 valence electrons. The van der Waals surface area contributed by atoms with E-state index in [4.69, 9.17) is 4.78 Å². The van der Waals surface area contributed by atoms with E-state index in [0.717, 1.165) is 11.4 Å². The Labute approximate surface area is 144 Å². The fraction of sp³-hybridized carbons (Fsp3) is 0.667. The molecule has 0 aliphatic rings. The van der Waals surface area contributed by atoms with Crippen LogP contribution in [0.2, 0.25) is 0 Å². The van der Waals surface area contributed by atoms with Gasteiger partial charge in [-0.25, -0.2) is 4.78 Å². The molecule has 0 aromatic heterocycles. The highest BCUT2D eigenvalue weighted by atomic mass is 32.2. The minimum Gasteiger partial charge on any atom is -0.229 e. The Hall–Kier alpha value is -0.610. The van der Waals surface area contributed by atoms with Gasteiger partial charge >= 0.3 is 0 Å². The van der Waals surface area contributed by atoms with Gasteiger partial charge in [-0.3, -0.25) is 0 Å². The third kappa shape index (κ3) is 4.69. The Balaban J connectivity index is 3.81. The second kappa shape index (κ2) is 6.48. The summed E-state index contributed by atoms with van der Waals surface area (Å²) in [5, 5.41) is 0. The Morgan fingerprint density at radius 3 is 1.45 bits per heavy atom. The van der Waals surface area contributed by atoms with Crippen molar-refractivity contribution in [3.63, 3.8) is 0 Å². The first-order chi connectivity index (χ1) is 9.78. The van der Waals surface area contributed by atoms with Crippen molar-refractivity contribution in [2.24, 2.45) is 3.77 Å².